The first-order valence-electron chi connectivity index (χ1n) is 7.57. The van der Waals surface area contributed by atoms with E-state index in [1.54, 1.807) is 25.3 Å². The summed E-state index contributed by atoms with van der Waals surface area (Å²) in [7, 11) is -3.62. The first kappa shape index (κ1) is 16.9. The summed E-state index contributed by atoms with van der Waals surface area (Å²) >= 11 is 0. The average Bonchev–Trinajstić information content (AvgIpc) is 2.43. The maximum absolute atomic E-state index is 12.1. The van der Waals surface area contributed by atoms with Gasteiger partial charge in [0.2, 0.25) is 15.9 Å². The molecule has 7 heteroatoms. The van der Waals surface area contributed by atoms with Crippen LogP contribution in [-0.4, -0.2) is 31.1 Å². The van der Waals surface area contributed by atoms with E-state index in [1.807, 2.05) is 0 Å². The molecular formula is C15H23N3O3S. The molecule has 22 heavy (non-hydrogen) atoms. The lowest BCUT2D eigenvalue weighted by molar-refractivity contribution is -0.113. The molecule has 2 N–H and O–H groups in total. The molecule has 6 nitrogen and oxygen atoms in total. The van der Waals surface area contributed by atoms with Crippen molar-refractivity contribution in [3.05, 3.63) is 23.9 Å². The molecule has 1 amide bonds. The Morgan fingerprint density at radius 1 is 1.32 bits per heavy atom. The number of carbonyl (C=O) groups excluding carboxylic acids is 1. The van der Waals surface area contributed by atoms with Crippen LogP contribution in [0.25, 0.3) is 0 Å². The number of hydrogen-bond donors (Lipinski definition) is 2. The fraction of sp³-hybridized carbons (Fsp3) is 0.600. The van der Waals surface area contributed by atoms with Gasteiger partial charge in [0.25, 0.3) is 0 Å². The van der Waals surface area contributed by atoms with Gasteiger partial charge in [0, 0.05) is 12.2 Å². The van der Waals surface area contributed by atoms with E-state index in [0.29, 0.717) is 11.7 Å². The Hall–Kier alpha value is -1.47. The van der Waals surface area contributed by atoms with Crippen LogP contribution >= 0.6 is 0 Å². The molecule has 1 aliphatic rings. The number of hydrogen-bond acceptors (Lipinski definition) is 4. The number of carbonyl (C=O) groups is 1. The topological polar surface area (TPSA) is 88.2 Å². The van der Waals surface area contributed by atoms with Crippen molar-refractivity contribution in [3.8, 4) is 0 Å². The van der Waals surface area contributed by atoms with Crippen LogP contribution in [0.4, 0.5) is 5.82 Å². The normalized spacial score (nSPS) is 22.3. The van der Waals surface area contributed by atoms with Crippen LogP contribution in [0.15, 0.2) is 18.3 Å². The average molecular weight is 325 g/mol. The first-order chi connectivity index (χ1) is 10.4. The van der Waals surface area contributed by atoms with E-state index >= 15 is 0 Å². The lowest BCUT2D eigenvalue weighted by Gasteiger charge is -2.26. The van der Waals surface area contributed by atoms with Crippen molar-refractivity contribution in [2.45, 2.75) is 45.6 Å². The second-order valence-electron chi connectivity index (χ2n) is 6.05. The summed E-state index contributed by atoms with van der Waals surface area (Å²) in [5, 5.41) is 2.54. The standard InChI is InChI=1S/C15H23N3O3S/c1-11-5-7-13(8-6-11)18-22(20,21)10-14(19)17-15-12(2)4-3-9-16-15/h3-4,9,11,13,18H,5-8,10H2,1-2H3,(H,16,17,19). The first-order valence-corrected chi connectivity index (χ1v) is 9.22. The van der Waals surface area contributed by atoms with E-state index in [1.165, 1.54) is 0 Å². The highest BCUT2D eigenvalue weighted by Crippen LogP contribution is 2.23. The van der Waals surface area contributed by atoms with E-state index in [2.05, 4.69) is 21.9 Å². The van der Waals surface area contributed by atoms with E-state index in [0.717, 1.165) is 31.2 Å². The summed E-state index contributed by atoms with van der Waals surface area (Å²) in [6.45, 7) is 3.98. The largest absolute Gasteiger partial charge is 0.310 e. The minimum absolute atomic E-state index is 0.0504. The Morgan fingerprint density at radius 2 is 2.00 bits per heavy atom. The van der Waals surface area contributed by atoms with Crippen molar-refractivity contribution in [1.29, 1.82) is 0 Å². The van der Waals surface area contributed by atoms with Crippen LogP contribution in [0.3, 0.4) is 0 Å². The monoisotopic (exact) mass is 325 g/mol. The molecule has 1 aromatic rings. The Kier molecular flexibility index (Phi) is 5.52. The predicted molar refractivity (Wildman–Crippen MR) is 85.9 cm³/mol. The molecule has 0 atom stereocenters. The van der Waals surface area contributed by atoms with Crippen LogP contribution in [0.5, 0.6) is 0 Å². The van der Waals surface area contributed by atoms with Gasteiger partial charge < -0.3 is 5.32 Å². The fourth-order valence-electron chi connectivity index (χ4n) is 2.63. The third kappa shape index (κ3) is 5.06. The van der Waals surface area contributed by atoms with Gasteiger partial charge in [-0.25, -0.2) is 18.1 Å². The fourth-order valence-corrected chi connectivity index (χ4v) is 3.88. The maximum Gasteiger partial charge on any atom is 0.242 e. The minimum Gasteiger partial charge on any atom is -0.310 e. The second-order valence-corrected chi connectivity index (χ2v) is 7.80. The molecule has 1 aliphatic carbocycles. The van der Waals surface area contributed by atoms with E-state index in [9.17, 15) is 13.2 Å². The summed E-state index contributed by atoms with van der Waals surface area (Å²) in [6, 6.07) is 3.51. The zero-order chi connectivity index (χ0) is 16.2. The molecule has 1 saturated carbocycles. The van der Waals surface area contributed by atoms with Crippen molar-refractivity contribution in [3.63, 3.8) is 0 Å². The van der Waals surface area contributed by atoms with Crippen LogP contribution in [-0.2, 0) is 14.8 Å². The molecule has 2 rings (SSSR count). The van der Waals surface area contributed by atoms with Crippen LogP contribution in [0.1, 0.15) is 38.2 Å². The Labute approximate surface area is 131 Å². The predicted octanol–water partition coefficient (Wildman–Crippen LogP) is 1.83. The van der Waals surface area contributed by atoms with Crippen LogP contribution in [0, 0.1) is 12.8 Å². The second kappa shape index (κ2) is 7.19. The highest BCUT2D eigenvalue weighted by Gasteiger charge is 2.24. The van der Waals surface area contributed by atoms with Gasteiger partial charge in [-0.3, -0.25) is 4.79 Å². The van der Waals surface area contributed by atoms with Gasteiger partial charge in [-0.05, 0) is 50.2 Å². The number of aryl methyl sites for hydroxylation is 1. The Bertz CT molecular complexity index is 623. The molecule has 0 aromatic carbocycles. The van der Waals surface area contributed by atoms with Gasteiger partial charge in [-0.2, -0.15) is 0 Å². The molecular weight excluding hydrogens is 302 g/mol. The molecule has 1 heterocycles. The van der Waals surface area contributed by atoms with Gasteiger partial charge in [0.1, 0.15) is 11.6 Å². The maximum atomic E-state index is 12.1. The van der Waals surface area contributed by atoms with Gasteiger partial charge in [0.05, 0.1) is 0 Å². The molecule has 0 aliphatic heterocycles. The molecule has 0 spiro atoms. The lowest BCUT2D eigenvalue weighted by atomic mass is 9.88. The van der Waals surface area contributed by atoms with E-state index < -0.39 is 21.7 Å². The minimum atomic E-state index is -3.62. The van der Waals surface area contributed by atoms with E-state index in [-0.39, 0.29) is 6.04 Å². The molecule has 0 saturated heterocycles. The molecule has 0 bridgehead atoms. The molecule has 0 radical (unpaired) electrons. The number of aromatic nitrogens is 1. The number of rotatable bonds is 5. The summed E-state index contributed by atoms with van der Waals surface area (Å²) in [6.07, 6.45) is 5.26. The molecule has 122 valence electrons. The smallest absolute Gasteiger partial charge is 0.242 e. The number of nitrogens with one attached hydrogen (secondary N) is 2. The summed E-state index contributed by atoms with van der Waals surface area (Å²) in [4.78, 5) is 15.9. The number of anilines is 1. The summed E-state index contributed by atoms with van der Waals surface area (Å²) in [5.74, 6) is -0.0985. The Balaban J connectivity index is 1.88. The SMILES string of the molecule is Cc1cccnc1NC(=O)CS(=O)(=O)NC1CCC(C)CC1. The van der Waals surface area contributed by atoms with Crippen molar-refractivity contribution in [1.82, 2.24) is 9.71 Å². The molecule has 0 unspecified atom stereocenters. The number of amides is 1. The van der Waals surface area contributed by atoms with Crippen molar-refractivity contribution >= 4 is 21.7 Å². The van der Waals surface area contributed by atoms with Crippen LogP contribution in [0.2, 0.25) is 0 Å². The highest BCUT2D eigenvalue weighted by molar-refractivity contribution is 7.90. The lowest BCUT2D eigenvalue weighted by Crippen LogP contribution is -2.41. The zero-order valence-corrected chi connectivity index (χ0v) is 13.8. The van der Waals surface area contributed by atoms with Crippen molar-refractivity contribution in [2.75, 3.05) is 11.1 Å². The molecule has 1 aromatic heterocycles. The number of sulfonamides is 1. The third-order valence-corrected chi connectivity index (χ3v) is 5.29. The van der Waals surface area contributed by atoms with Gasteiger partial charge in [-0.1, -0.05) is 13.0 Å². The Morgan fingerprint density at radius 3 is 2.64 bits per heavy atom. The van der Waals surface area contributed by atoms with Crippen molar-refractivity contribution in [2.24, 2.45) is 5.92 Å². The van der Waals surface area contributed by atoms with Crippen LogP contribution < -0.4 is 10.0 Å². The summed E-state index contributed by atoms with van der Waals surface area (Å²) in [5.41, 5.74) is 0.794. The van der Waals surface area contributed by atoms with Gasteiger partial charge in [-0.15, -0.1) is 0 Å². The van der Waals surface area contributed by atoms with Gasteiger partial charge >= 0.3 is 0 Å². The zero-order valence-electron chi connectivity index (χ0n) is 13.0. The highest BCUT2D eigenvalue weighted by atomic mass is 32.2. The number of nitrogens with zero attached hydrogens (tertiary/aromatic N) is 1. The molecule has 1 fully saturated rings. The van der Waals surface area contributed by atoms with E-state index in [4.69, 9.17) is 0 Å². The number of pyridine rings is 1. The van der Waals surface area contributed by atoms with Gasteiger partial charge in [0.15, 0.2) is 0 Å². The third-order valence-electron chi connectivity index (χ3n) is 3.95. The summed E-state index contributed by atoms with van der Waals surface area (Å²) < 4.78 is 26.8. The quantitative estimate of drug-likeness (QED) is 0.864. The van der Waals surface area contributed by atoms with Crippen molar-refractivity contribution < 1.29 is 13.2 Å².